The van der Waals surface area contributed by atoms with Gasteiger partial charge in [0.2, 0.25) is 11.8 Å². The molecule has 1 aromatic carbocycles. The molecule has 6 nitrogen and oxygen atoms in total. The maximum Gasteiger partial charge on any atom is 0.236 e. The van der Waals surface area contributed by atoms with E-state index in [1.54, 1.807) is 0 Å². The Morgan fingerprint density at radius 1 is 1.04 bits per heavy atom. The summed E-state index contributed by atoms with van der Waals surface area (Å²) >= 11 is 0. The Balaban J connectivity index is 1.67. The van der Waals surface area contributed by atoms with Crippen molar-refractivity contribution < 1.29 is 14.3 Å². The van der Waals surface area contributed by atoms with E-state index in [0.717, 1.165) is 31.9 Å². The Hall–Kier alpha value is -2.08. The lowest BCUT2D eigenvalue weighted by Crippen LogP contribution is -2.51. The van der Waals surface area contributed by atoms with E-state index in [-0.39, 0.29) is 11.8 Å². The first kappa shape index (κ1) is 19.2. The van der Waals surface area contributed by atoms with E-state index >= 15 is 0 Å². The molecule has 138 valence electrons. The van der Waals surface area contributed by atoms with Gasteiger partial charge in [-0.15, -0.1) is 0 Å². The van der Waals surface area contributed by atoms with Crippen LogP contribution >= 0.6 is 0 Å². The van der Waals surface area contributed by atoms with Crippen LogP contribution in [0.4, 0.5) is 0 Å². The van der Waals surface area contributed by atoms with Crippen LogP contribution in [-0.2, 0) is 9.59 Å². The number of nitrogens with zero attached hydrogens (tertiary/aromatic N) is 3. The lowest BCUT2D eigenvalue weighted by atomic mass is 10.2. The fourth-order valence-corrected chi connectivity index (χ4v) is 2.95. The molecule has 0 bridgehead atoms. The molecule has 0 saturated carbocycles. The third-order valence-electron chi connectivity index (χ3n) is 4.53. The molecule has 0 aliphatic carbocycles. The predicted molar refractivity (Wildman–Crippen MR) is 97.5 cm³/mol. The van der Waals surface area contributed by atoms with Crippen molar-refractivity contribution in [1.82, 2.24) is 14.7 Å². The van der Waals surface area contributed by atoms with Crippen LogP contribution in [-0.4, -0.2) is 78.9 Å². The summed E-state index contributed by atoms with van der Waals surface area (Å²) in [4.78, 5) is 30.3. The number of hydrogen-bond donors (Lipinski definition) is 0. The maximum atomic E-state index is 12.3. The third-order valence-corrected chi connectivity index (χ3v) is 4.53. The Morgan fingerprint density at radius 3 is 2.28 bits per heavy atom. The van der Waals surface area contributed by atoms with Crippen LogP contribution in [0.25, 0.3) is 0 Å². The number of amides is 2. The number of carbonyl (C=O) groups excluding carboxylic acids is 2. The quantitative estimate of drug-likeness (QED) is 0.715. The van der Waals surface area contributed by atoms with Gasteiger partial charge in [-0.25, -0.2) is 0 Å². The second-order valence-electron chi connectivity index (χ2n) is 6.13. The summed E-state index contributed by atoms with van der Waals surface area (Å²) < 4.78 is 5.58. The average Bonchev–Trinajstić information content (AvgIpc) is 2.64. The molecule has 1 fully saturated rings. The number of hydrogen-bond acceptors (Lipinski definition) is 4. The van der Waals surface area contributed by atoms with Crippen molar-refractivity contribution in [3.8, 4) is 5.75 Å². The smallest absolute Gasteiger partial charge is 0.236 e. The number of piperazine rings is 1. The van der Waals surface area contributed by atoms with Gasteiger partial charge in [0, 0.05) is 39.3 Å². The Morgan fingerprint density at radius 2 is 1.68 bits per heavy atom. The standard InChI is InChI=1S/C19H29N3O3/c1-3-21(4-2)19(24)16-20-11-13-22(14-12-20)18(23)10-15-25-17-8-6-5-7-9-17/h5-9H,3-4,10-16H2,1-2H3. The van der Waals surface area contributed by atoms with Crippen molar-refractivity contribution in [3.05, 3.63) is 30.3 Å². The minimum absolute atomic E-state index is 0.116. The van der Waals surface area contributed by atoms with Gasteiger partial charge in [0.05, 0.1) is 19.6 Å². The molecule has 2 rings (SSSR count). The minimum Gasteiger partial charge on any atom is -0.493 e. The van der Waals surface area contributed by atoms with E-state index in [9.17, 15) is 9.59 Å². The van der Waals surface area contributed by atoms with Gasteiger partial charge in [-0.05, 0) is 26.0 Å². The summed E-state index contributed by atoms with van der Waals surface area (Å²) in [5.41, 5.74) is 0. The van der Waals surface area contributed by atoms with Crippen LogP contribution in [0.1, 0.15) is 20.3 Å². The van der Waals surface area contributed by atoms with Gasteiger partial charge in [0.1, 0.15) is 5.75 Å². The van der Waals surface area contributed by atoms with Gasteiger partial charge in [-0.3, -0.25) is 14.5 Å². The van der Waals surface area contributed by atoms with Gasteiger partial charge in [-0.1, -0.05) is 18.2 Å². The summed E-state index contributed by atoms with van der Waals surface area (Å²) in [5, 5.41) is 0. The lowest BCUT2D eigenvalue weighted by Gasteiger charge is -2.35. The fourth-order valence-electron chi connectivity index (χ4n) is 2.95. The third kappa shape index (κ3) is 6.05. The molecule has 6 heteroatoms. The summed E-state index contributed by atoms with van der Waals surface area (Å²) in [5.74, 6) is 1.07. The molecule has 1 saturated heterocycles. The summed E-state index contributed by atoms with van der Waals surface area (Å²) in [6.07, 6.45) is 0.382. The highest BCUT2D eigenvalue weighted by Crippen LogP contribution is 2.10. The highest BCUT2D eigenvalue weighted by molar-refractivity contribution is 5.78. The van der Waals surface area contributed by atoms with Crippen molar-refractivity contribution in [2.75, 3.05) is 52.4 Å². The van der Waals surface area contributed by atoms with E-state index in [0.29, 0.717) is 32.7 Å². The predicted octanol–water partition coefficient (Wildman–Crippen LogP) is 1.47. The van der Waals surface area contributed by atoms with E-state index < -0.39 is 0 Å². The molecular formula is C19H29N3O3. The molecule has 0 spiro atoms. The molecule has 1 aromatic rings. The lowest BCUT2D eigenvalue weighted by molar-refractivity contribution is -0.135. The normalized spacial score (nSPS) is 15.0. The monoisotopic (exact) mass is 347 g/mol. The zero-order chi connectivity index (χ0) is 18.1. The molecule has 0 unspecified atom stereocenters. The number of likely N-dealkylation sites (N-methyl/N-ethyl adjacent to an activating group) is 1. The zero-order valence-corrected chi connectivity index (χ0v) is 15.3. The molecule has 1 heterocycles. The van der Waals surface area contributed by atoms with E-state index in [2.05, 4.69) is 4.90 Å². The van der Waals surface area contributed by atoms with Crippen molar-refractivity contribution in [2.45, 2.75) is 20.3 Å². The molecule has 1 aliphatic heterocycles. The zero-order valence-electron chi connectivity index (χ0n) is 15.3. The minimum atomic E-state index is 0.116. The van der Waals surface area contributed by atoms with Gasteiger partial charge in [-0.2, -0.15) is 0 Å². The summed E-state index contributed by atoms with van der Waals surface area (Å²) in [7, 11) is 0. The fraction of sp³-hybridized carbons (Fsp3) is 0.579. The molecule has 0 radical (unpaired) electrons. The molecule has 0 N–H and O–H groups in total. The van der Waals surface area contributed by atoms with Gasteiger partial charge in [0.15, 0.2) is 0 Å². The Kier molecular flexibility index (Phi) is 7.73. The van der Waals surface area contributed by atoms with Crippen molar-refractivity contribution in [3.63, 3.8) is 0 Å². The van der Waals surface area contributed by atoms with Gasteiger partial charge < -0.3 is 14.5 Å². The SMILES string of the molecule is CCN(CC)C(=O)CN1CCN(C(=O)CCOc2ccccc2)CC1. The number of benzene rings is 1. The van der Waals surface area contributed by atoms with E-state index in [4.69, 9.17) is 4.74 Å². The summed E-state index contributed by atoms with van der Waals surface area (Å²) in [6, 6.07) is 9.53. The van der Waals surface area contributed by atoms with Gasteiger partial charge in [0.25, 0.3) is 0 Å². The topological polar surface area (TPSA) is 53.1 Å². The van der Waals surface area contributed by atoms with E-state index in [1.165, 1.54) is 0 Å². The average molecular weight is 347 g/mol. The van der Waals surface area contributed by atoms with Gasteiger partial charge >= 0.3 is 0 Å². The molecule has 2 amide bonds. The second kappa shape index (κ2) is 10.0. The Bertz CT molecular complexity index is 538. The van der Waals surface area contributed by atoms with Crippen LogP contribution < -0.4 is 4.74 Å². The highest BCUT2D eigenvalue weighted by Gasteiger charge is 2.23. The molecule has 1 aliphatic rings. The number of rotatable bonds is 8. The van der Waals surface area contributed by atoms with Crippen LogP contribution in [0.15, 0.2) is 30.3 Å². The molecule has 0 atom stereocenters. The van der Waals surface area contributed by atoms with Crippen molar-refractivity contribution in [1.29, 1.82) is 0 Å². The number of para-hydroxylation sites is 1. The highest BCUT2D eigenvalue weighted by atomic mass is 16.5. The van der Waals surface area contributed by atoms with Crippen LogP contribution in [0.3, 0.4) is 0 Å². The second-order valence-corrected chi connectivity index (χ2v) is 6.13. The summed E-state index contributed by atoms with van der Waals surface area (Å²) in [6.45, 7) is 9.17. The maximum absolute atomic E-state index is 12.3. The van der Waals surface area contributed by atoms with Crippen LogP contribution in [0, 0.1) is 0 Å². The largest absolute Gasteiger partial charge is 0.493 e. The first-order valence-electron chi connectivity index (χ1n) is 9.09. The Labute approximate surface area is 150 Å². The van der Waals surface area contributed by atoms with Crippen molar-refractivity contribution >= 4 is 11.8 Å². The molecule has 25 heavy (non-hydrogen) atoms. The molecule has 0 aromatic heterocycles. The van der Waals surface area contributed by atoms with Crippen LogP contribution in [0.2, 0.25) is 0 Å². The number of carbonyl (C=O) groups is 2. The first-order valence-corrected chi connectivity index (χ1v) is 9.09. The molecular weight excluding hydrogens is 318 g/mol. The number of ether oxygens (including phenoxy) is 1. The van der Waals surface area contributed by atoms with E-state index in [1.807, 2.05) is 54.0 Å². The van der Waals surface area contributed by atoms with Crippen molar-refractivity contribution in [2.24, 2.45) is 0 Å². The van der Waals surface area contributed by atoms with Crippen LogP contribution in [0.5, 0.6) is 5.75 Å². The first-order chi connectivity index (χ1) is 12.1.